The third-order valence-corrected chi connectivity index (χ3v) is 4.81. The number of fused-ring (bicyclic) bond motifs is 3. The summed E-state index contributed by atoms with van der Waals surface area (Å²) in [5.74, 6) is 0.909. The van der Waals surface area contributed by atoms with Crippen LogP contribution in [0.15, 0.2) is 42.5 Å². The maximum Gasteiger partial charge on any atom is 0.118 e. The topological polar surface area (TPSA) is 37.0 Å². The largest absolute Gasteiger partial charge is 0.497 e. The maximum atomic E-state index is 5.24. The molecule has 0 aliphatic carbocycles. The Morgan fingerprint density at radius 1 is 1.13 bits per heavy atom. The summed E-state index contributed by atoms with van der Waals surface area (Å²) in [7, 11) is 1.70. The quantitative estimate of drug-likeness (QED) is 0.769. The van der Waals surface area contributed by atoms with Gasteiger partial charge in [0.15, 0.2) is 0 Å². The number of aromatic nitrogens is 1. The van der Waals surface area contributed by atoms with E-state index >= 15 is 0 Å². The fourth-order valence-corrected chi connectivity index (χ4v) is 3.59. The second kappa shape index (κ2) is 5.74. The van der Waals surface area contributed by atoms with Crippen LogP contribution in [0.25, 0.3) is 10.9 Å². The van der Waals surface area contributed by atoms with Crippen molar-refractivity contribution in [3.8, 4) is 5.75 Å². The van der Waals surface area contributed by atoms with Gasteiger partial charge in [-0.3, -0.25) is 0 Å². The van der Waals surface area contributed by atoms with Crippen LogP contribution in [-0.4, -0.2) is 18.6 Å². The molecule has 1 aliphatic rings. The molecular formula is C20H22N2O. The van der Waals surface area contributed by atoms with Gasteiger partial charge in [-0.15, -0.1) is 0 Å². The van der Waals surface area contributed by atoms with Crippen LogP contribution in [0.2, 0.25) is 0 Å². The highest BCUT2D eigenvalue weighted by atomic mass is 16.5. The molecule has 2 heterocycles. The van der Waals surface area contributed by atoms with E-state index in [2.05, 4.69) is 47.6 Å². The molecular weight excluding hydrogens is 284 g/mol. The molecule has 2 aromatic carbocycles. The van der Waals surface area contributed by atoms with Crippen LogP contribution in [0, 0.1) is 6.92 Å². The number of rotatable bonds is 3. The van der Waals surface area contributed by atoms with Crippen molar-refractivity contribution in [2.75, 3.05) is 13.7 Å². The fourth-order valence-electron chi connectivity index (χ4n) is 3.59. The van der Waals surface area contributed by atoms with Gasteiger partial charge in [-0.2, -0.15) is 0 Å². The lowest BCUT2D eigenvalue weighted by Crippen LogP contribution is -2.31. The molecule has 0 saturated carbocycles. The highest BCUT2D eigenvalue weighted by Crippen LogP contribution is 2.32. The summed E-state index contributed by atoms with van der Waals surface area (Å²) >= 11 is 0. The molecule has 1 aliphatic heterocycles. The number of hydrogen-bond donors (Lipinski definition) is 2. The summed E-state index contributed by atoms with van der Waals surface area (Å²) in [6.45, 7) is 3.20. The third kappa shape index (κ3) is 2.62. The van der Waals surface area contributed by atoms with Crippen LogP contribution in [0.3, 0.4) is 0 Å². The van der Waals surface area contributed by atoms with Gasteiger partial charge in [-0.1, -0.05) is 23.8 Å². The van der Waals surface area contributed by atoms with Crippen LogP contribution in [0.5, 0.6) is 5.75 Å². The molecule has 1 unspecified atom stereocenters. The lowest BCUT2D eigenvalue weighted by molar-refractivity contribution is 0.414. The number of aromatic amines is 1. The molecule has 0 saturated heterocycles. The first kappa shape index (κ1) is 14.3. The van der Waals surface area contributed by atoms with Crippen molar-refractivity contribution in [2.24, 2.45) is 0 Å². The highest BCUT2D eigenvalue weighted by molar-refractivity contribution is 5.85. The van der Waals surface area contributed by atoms with E-state index in [1.54, 1.807) is 7.11 Å². The molecule has 3 heteroatoms. The van der Waals surface area contributed by atoms with E-state index in [4.69, 9.17) is 4.74 Å². The van der Waals surface area contributed by atoms with Gasteiger partial charge in [0.1, 0.15) is 5.75 Å². The Balaban J connectivity index is 1.68. The Morgan fingerprint density at radius 3 is 2.74 bits per heavy atom. The van der Waals surface area contributed by atoms with Crippen LogP contribution < -0.4 is 10.1 Å². The molecule has 0 spiro atoms. The zero-order valence-corrected chi connectivity index (χ0v) is 13.6. The van der Waals surface area contributed by atoms with Gasteiger partial charge in [0, 0.05) is 16.6 Å². The van der Waals surface area contributed by atoms with Gasteiger partial charge in [0.05, 0.1) is 13.2 Å². The van der Waals surface area contributed by atoms with Crippen molar-refractivity contribution in [1.82, 2.24) is 10.3 Å². The van der Waals surface area contributed by atoms with Crippen molar-refractivity contribution < 1.29 is 4.74 Å². The van der Waals surface area contributed by atoms with E-state index in [0.29, 0.717) is 6.04 Å². The normalized spacial score (nSPS) is 17.2. The number of H-pyrrole nitrogens is 1. The molecule has 0 fully saturated rings. The molecule has 4 rings (SSSR count). The summed E-state index contributed by atoms with van der Waals surface area (Å²) in [6, 6.07) is 15.4. The summed E-state index contributed by atoms with van der Waals surface area (Å²) < 4.78 is 5.24. The lowest BCUT2D eigenvalue weighted by atomic mass is 9.94. The summed E-state index contributed by atoms with van der Waals surface area (Å²) in [5, 5.41) is 5.06. The number of hydrogen-bond acceptors (Lipinski definition) is 2. The van der Waals surface area contributed by atoms with E-state index in [1.165, 1.54) is 33.3 Å². The summed E-state index contributed by atoms with van der Waals surface area (Å²) in [6.07, 6.45) is 2.08. The molecule has 1 atom stereocenters. The Kier molecular flexibility index (Phi) is 3.58. The van der Waals surface area contributed by atoms with Crippen LogP contribution in [0.4, 0.5) is 0 Å². The van der Waals surface area contributed by atoms with Crippen molar-refractivity contribution >= 4 is 10.9 Å². The van der Waals surface area contributed by atoms with Gasteiger partial charge in [-0.25, -0.2) is 0 Å². The minimum atomic E-state index is 0.347. The Bertz CT molecular complexity index is 833. The molecule has 3 nitrogen and oxygen atoms in total. The third-order valence-electron chi connectivity index (χ3n) is 4.81. The minimum absolute atomic E-state index is 0.347. The number of benzene rings is 2. The first-order valence-corrected chi connectivity index (χ1v) is 8.22. The predicted octanol–water partition coefficient (Wildman–Crippen LogP) is 3.91. The van der Waals surface area contributed by atoms with Crippen molar-refractivity contribution in [3.63, 3.8) is 0 Å². The zero-order valence-electron chi connectivity index (χ0n) is 13.6. The van der Waals surface area contributed by atoms with Crippen LogP contribution in [0.1, 0.15) is 28.4 Å². The van der Waals surface area contributed by atoms with Crippen LogP contribution >= 0.6 is 0 Å². The summed E-state index contributed by atoms with van der Waals surface area (Å²) in [5.41, 5.74) is 6.74. The molecule has 0 bridgehead atoms. The molecule has 0 amide bonds. The minimum Gasteiger partial charge on any atom is -0.497 e. The monoisotopic (exact) mass is 306 g/mol. The number of methoxy groups -OCH3 is 1. The SMILES string of the molecule is COc1ccc(CC2NCCc3c2[nH]c2ccc(C)cc32)cc1. The van der Waals surface area contributed by atoms with Gasteiger partial charge in [-0.05, 0) is 61.7 Å². The Labute approximate surface area is 136 Å². The molecule has 118 valence electrons. The Hall–Kier alpha value is -2.26. The van der Waals surface area contributed by atoms with E-state index in [9.17, 15) is 0 Å². The van der Waals surface area contributed by atoms with Gasteiger partial charge in [0.25, 0.3) is 0 Å². The Morgan fingerprint density at radius 2 is 1.96 bits per heavy atom. The standard InChI is InChI=1S/C20H22N2O/c1-13-3-8-18-17(11-13)16-9-10-21-19(20(16)22-18)12-14-4-6-15(23-2)7-5-14/h3-8,11,19,21-22H,9-10,12H2,1-2H3. The maximum absolute atomic E-state index is 5.24. The lowest BCUT2D eigenvalue weighted by Gasteiger charge is -2.24. The number of nitrogens with one attached hydrogen (secondary N) is 2. The second-order valence-corrected chi connectivity index (χ2v) is 6.38. The first-order chi connectivity index (χ1) is 11.2. The van der Waals surface area contributed by atoms with E-state index < -0.39 is 0 Å². The highest BCUT2D eigenvalue weighted by Gasteiger charge is 2.24. The number of aryl methyl sites for hydroxylation is 1. The van der Waals surface area contributed by atoms with Crippen molar-refractivity contribution in [3.05, 3.63) is 64.8 Å². The predicted molar refractivity (Wildman–Crippen MR) is 94.2 cm³/mol. The molecule has 2 N–H and O–H groups in total. The van der Waals surface area contributed by atoms with E-state index in [1.807, 2.05) is 12.1 Å². The molecule has 0 radical (unpaired) electrons. The van der Waals surface area contributed by atoms with Gasteiger partial charge in [0.2, 0.25) is 0 Å². The van der Waals surface area contributed by atoms with E-state index in [0.717, 1.165) is 25.1 Å². The first-order valence-electron chi connectivity index (χ1n) is 8.22. The smallest absolute Gasteiger partial charge is 0.118 e. The average Bonchev–Trinajstić information content (AvgIpc) is 2.95. The second-order valence-electron chi connectivity index (χ2n) is 6.38. The average molecular weight is 306 g/mol. The zero-order chi connectivity index (χ0) is 15.8. The molecule has 3 aromatic rings. The van der Waals surface area contributed by atoms with Crippen LogP contribution in [-0.2, 0) is 12.8 Å². The summed E-state index contributed by atoms with van der Waals surface area (Å²) in [4.78, 5) is 3.65. The van der Waals surface area contributed by atoms with Gasteiger partial charge < -0.3 is 15.0 Å². The van der Waals surface area contributed by atoms with Crippen molar-refractivity contribution in [2.45, 2.75) is 25.8 Å². The molecule has 1 aromatic heterocycles. The van der Waals surface area contributed by atoms with Gasteiger partial charge >= 0.3 is 0 Å². The fraction of sp³-hybridized carbons (Fsp3) is 0.300. The van der Waals surface area contributed by atoms with Crippen molar-refractivity contribution in [1.29, 1.82) is 0 Å². The number of ether oxygens (including phenoxy) is 1. The molecule has 23 heavy (non-hydrogen) atoms. The van der Waals surface area contributed by atoms with E-state index in [-0.39, 0.29) is 0 Å².